The molecule has 0 fully saturated rings. The van der Waals surface area contributed by atoms with Crippen molar-refractivity contribution < 1.29 is 8.42 Å². The van der Waals surface area contributed by atoms with Crippen LogP contribution in [0.15, 0.2) is 41.3 Å². The predicted molar refractivity (Wildman–Crippen MR) is 75.2 cm³/mol. The van der Waals surface area contributed by atoms with E-state index in [1.807, 2.05) is 0 Å². The van der Waals surface area contributed by atoms with Gasteiger partial charge in [-0.25, -0.2) is 13.6 Å². The van der Waals surface area contributed by atoms with Gasteiger partial charge in [0.15, 0.2) is 0 Å². The third kappa shape index (κ3) is 2.80. The summed E-state index contributed by atoms with van der Waals surface area (Å²) < 4.78 is 22.3. The number of hydrogen-bond donors (Lipinski definition) is 1. The third-order valence-electron chi connectivity index (χ3n) is 2.66. The number of benzene rings is 1. The van der Waals surface area contributed by atoms with E-state index in [0.717, 1.165) is 10.4 Å². The molecule has 0 spiro atoms. The van der Waals surface area contributed by atoms with Crippen LogP contribution >= 0.6 is 11.3 Å². The monoisotopic (exact) mass is 281 g/mol. The molecule has 2 aromatic rings. The summed E-state index contributed by atoms with van der Waals surface area (Å²) in [6, 6.07) is 10.8. The molecule has 2 N–H and O–H groups in total. The van der Waals surface area contributed by atoms with Gasteiger partial charge in [-0.1, -0.05) is 26.0 Å². The third-order valence-corrected chi connectivity index (χ3v) is 5.03. The van der Waals surface area contributed by atoms with Gasteiger partial charge in [0.2, 0.25) is 10.0 Å². The summed E-state index contributed by atoms with van der Waals surface area (Å²) in [5, 5.41) is 5.06. The fourth-order valence-corrected chi connectivity index (χ4v) is 3.16. The standard InChI is InChI=1S/C13H15NO2S2/c1-9(2)12-7-8-13(17-12)10-3-5-11(6-4-10)18(14,15)16/h3-9H,1-2H3,(H2,14,15,16). The van der Waals surface area contributed by atoms with Gasteiger partial charge in [0.05, 0.1) is 4.90 Å². The maximum Gasteiger partial charge on any atom is 0.238 e. The maximum atomic E-state index is 11.2. The van der Waals surface area contributed by atoms with E-state index in [9.17, 15) is 8.42 Å². The zero-order valence-corrected chi connectivity index (χ0v) is 11.9. The number of thiophene rings is 1. The molecule has 5 heteroatoms. The van der Waals surface area contributed by atoms with Crippen molar-refractivity contribution in [3.05, 3.63) is 41.3 Å². The van der Waals surface area contributed by atoms with E-state index in [2.05, 4.69) is 26.0 Å². The summed E-state index contributed by atoms with van der Waals surface area (Å²) in [4.78, 5) is 2.60. The Balaban J connectivity index is 2.34. The highest BCUT2D eigenvalue weighted by Crippen LogP contribution is 2.32. The average molecular weight is 281 g/mol. The molecule has 0 radical (unpaired) electrons. The number of rotatable bonds is 3. The molecule has 1 aromatic heterocycles. The molecule has 0 aliphatic carbocycles. The quantitative estimate of drug-likeness (QED) is 0.939. The zero-order chi connectivity index (χ0) is 13.3. The van der Waals surface area contributed by atoms with E-state index in [0.29, 0.717) is 5.92 Å². The molecule has 2 rings (SSSR count). The van der Waals surface area contributed by atoms with E-state index >= 15 is 0 Å². The van der Waals surface area contributed by atoms with Crippen LogP contribution in [0.3, 0.4) is 0 Å². The van der Waals surface area contributed by atoms with Gasteiger partial charge in [-0.3, -0.25) is 0 Å². The molecular weight excluding hydrogens is 266 g/mol. The minimum Gasteiger partial charge on any atom is -0.225 e. The van der Waals surface area contributed by atoms with Crippen molar-refractivity contribution in [2.45, 2.75) is 24.7 Å². The first-order chi connectivity index (χ1) is 8.38. The molecule has 18 heavy (non-hydrogen) atoms. The maximum absolute atomic E-state index is 11.2. The van der Waals surface area contributed by atoms with Crippen LogP contribution in [0.4, 0.5) is 0 Å². The number of hydrogen-bond acceptors (Lipinski definition) is 3. The lowest BCUT2D eigenvalue weighted by atomic mass is 10.1. The average Bonchev–Trinajstić information content (AvgIpc) is 2.77. The van der Waals surface area contributed by atoms with E-state index in [1.54, 1.807) is 35.6 Å². The second kappa shape index (κ2) is 4.84. The molecule has 0 saturated carbocycles. The lowest BCUT2D eigenvalue weighted by Gasteiger charge is -2.01. The van der Waals surface area contributed by atoms with E-state index < -0.39 is 10.0 Å². The molecular formula is C13H15NO2S2. The van der Waals surface area contributed by atoms with Gasteiger partial charge in [0, 0.05) is 9.75 Å². The van der Waals surface area contributed by atoms with E-state index in [4.69, 9.17) is 5.14 Å². The fraction of sp³-hybridized carbons (Fsp3) is 0.231. The van der Waals surface area contributed by atoms with Gasteiger partial charge in [0.1, 0.15) is 0 Å². The summed E-state index contributed by atoms with van der Waals surface area (Å²) in [5.41, 5.74) is 1.01. The zero-order valence-electron chi connectivity index (χ0n) is 10.3. The molecule has 0 atom stereocenters. The largest absolute Gasteiger partial charge is 0.238 e. The Morgan fingerprint density at radius 1 is 1.06 bits per heavy atom. The minimum absolute atomic E-state index is 0.145. The molecule has 0 saturated heterocycles. The Morgan fingerprint density at radius 3 is 2.11 bits per heavy atom. The van der Waals surface area contributed by atoms with Crippen molar-refractivity contribution in [1.82, 2.24) is 0 Å². The lowest BCUT2D eigenvalue weighted by molar-refractivity contribution is 0.598. The molecule has 96 valence electrons. The predicted octanol–water partition coefficient (Wildman–Crippen LogP) is 3.19. The van der Waals surface area contributed by atoms with Crippen LogP contribution in [0.2, 0.25) is 0 Å². The number of primary sulfonamides is 1. The van der Waals surface area contributed by atoms with Crippen molar-refractivity contribution in [3.63, 3.8) is 0 Å². The van der Waals surface area contributed by atoms with Crippen molar-refractivity contribution in [1.29, 1.82) is 0 Å². The Hall–Kier alpha value is -1.17. The first kappa shape index (κ1) is 13.3. The van der Waals surface area contributed by atoms with Crippen molar-refractivity contribution in [2.24, 2.45) is 5.14 Å². The number of nitrogens with two attached hydrogens (primary N) is 1. The molecule has 0 aliphatic rings. The molecule has 0 amide bonds. The summed E-state index contributed by atoms with van der Waals surface area (Å²) in [7, 11) is -3.61. The van der Waals surface area contributed by atoms with Crippen LogP contribution in [0, 0.1) is 0 Å². The van der Waals surface area contributed by atoms with Crippen molar-refractivity contribution in [2.75, 3.05) is 0 Å². The number of sulfonamides is 1. The molecule has 0 aliphatic heterocycles. The van der Waals surface area contributed by atoms with Gasteiger partial charge >= 0.3 is 0 Å². The smallest absolute Gasteiger partial charge is 0.225 e. The van der Waals surface area contributed by atoms with Crippen LogP contribution in [-0.2, 0) is 10.0 Å². The summed E-state index contributed by atoms with van der Waals surface area (Å²) >= 11 is 1.73. The summed E-state index contributed by atoms with van der Waals surface area (Å²) in [5.74, 6) is 0.507. The highest BCUT2D eigenvalue weighted by Gasteiger charge is 2.09. The molecule has 3 nitrogen and oxygen atoms in total. The second-order valence-electron chi connectivity index (χ2n) is 4.43. The van der Waals surface area contributed by atoms with E-state index in [-0.39, 0.29) is 4.90 Å². The van der Waals surface area contributed by atoms with Crippen LogP contribution in [-0.4, -0.2) is 8.42 Å². The van der Waals surface area contributed by atoms with Gasteiger partial charge in [-0.2, -0.15) is 0 Å². The first-order valence-electron chi connectivity index (χ1n) is 5.61. The normalized spacial score (nSPS) is 12.0. The Kier molecular flexibility index (Phi) is 3.56. The molecule has 1 aromatic carbocycles. The minimum atomic E-state index is -3.61. The topological polar surface area (TPSA) is 60.2 Å². The van der Waals surface area contributed by atoms with Crippen molar-refractivity contribution >= 4 is 21.4 Å². The van der Waals surface area contributed by atoms with Crippen LogP contribution in [0.5, 0.6) is 0 Å². The molecule has 0 unspecified atom stereocenters. The van der Waals surface area contributed by atoms with Crippen LogP contribution in [0.1, 0.15) is 24.6 Å². The highest BCUT2D eigenvalue weighted by molar-refractivity contribution is 7.89. The van der Waals surface area contributed by atoms with Crippen LogP contribution < -0.4 is 5.14 Å². The Labute approximate surface area is 111 Å². The van der Waals surface area contributed by atoms with Gasteiger partial charge in [-0.05, 0) is 35.7 Å². The Morgan fingerprint density at radius 2 is 1.67 bits per heavy atom. The van der Waals surface area contributed by atoms with Crippen molar-refractivity contribution in [3.8, 4) is 10.4 Å². The summed E-state index contributed by atoms with van der Waals surface area (Å²) in [6.45, 7) is 4.30. The molecule has 0 bridgehead atoms. The second-order valence-corrected chi connectivity index (χ2v) is 7.10. The van der Waals surface area contributed by atoms with Crippen LogP contribution in [0.25, 0.3) is 10.4 Å². The van der Waals surface area contributed by atoms with Gasteiger partial charge in [-0.15, -0.1) is 11.3 Å². The fourth-order valence-electron chi connectivity index (χ4n) is 1.63. The Bertz CT molecular complexity index is 640. The highest BCUT2D eigenvalue weighted by atomic mass is 32.2. The van der Waals surface area contributed by atoms with Gasteiger partial charge < -0.3 is 0 Å². The first-order valence-corrected chi connectivity index (χ1v) is 7.97. The lowest BCUT2D eigenvalue weighted by Crippen LogP contribution is -2.11. The molecule has 1 heterocycles. The van der Waals surface area contributed by atoms with Gasteiger partial charge in [0.25, 0.3) is 0 Å². The van der Waals surface area contributed by atoms with E-state index in [1.165, 1.54) is 4.88 Å². The SMILES string of the molecule is CC(C)c1ccc(-c2ccc(S(N)(=O)=O)cc2)s1. The summed E-state index contributed by atoms with van der Waals surface area (Å²) in [6.07, 6.45) is 0.